The Hall–Kier alpha value is -2.37. The van der Waals surface area contributed by atoms with Crippen LogP contribution in [0.4, 0.5) is 0 Å². The summed E-state index contributed by atoms with van der Waals surface area (Å²) < 4.78 is 16.2. The molecule has 5 heteroatoms. The molecule has 0 radical (unpaired) electrons. The van der Waals surface area contributed by atoms with Crippen molar-refractivity contribution in [1.29, 1.82) is 0 Å². The molecule has 0 aliphatic heterocycles. The van der Waals surface area contributed by atoms with Gasteiger partial charge in [0.25, 0.3) is 0 Å². The molecule has 0 spiro atoms. The van der Waals surface area contributed by atoms with Gasteiger partial charge in [-0.05, 0) is 42.7 Å². The van der Waals surface area contributed by atoms with E-state index in [9.17, 15) is 9.90 Å². The van der Waals surface area contributed by atoms with Crippen molar-refractivity contribution in [3.05, 3.63) is 54.6 Å². The minimum absolute atomic E-state index is 0.0566. The first-order valence-electron chi connectivity index (χ1n) is 11.8. The Kier molecular flexibility index (Phi) is 12.5. The van der Waals surface area contributed by atoms with Crippen LogP contribution in [0.3, 0.4) is 0 Å². The second-order valence-electron chi connectivity index (χ2n) is 8.29. The van der Waals surface area contributed by atoms with E-state index in [0.29, 0.717) is 12.2 Å². The fourth-order valence-corrected chi connectivity index (χ4v) is 3.38. The lowest BCUT2D eigenvalue weighted by Crippen LogP contribution is -2.24. The molecule has 0 saturated heterocycles. The molecule has 0 aromatic heterocycles. The molecule has 2 rings (SSSR count). The molecule has 176 valence electrons. The summed E-state index contributed by atoms with van der Waals surface area (Å²) in [6, 6.07) is 14.6. The van der Waals surface area contributed by atoms with Crippen molar-refractivity contribution >= 4 is 16.7 Å². The van der Waals surface area contributed by atoms with Gasteiger partial charge in [0.1, 0.15) is 18.5 Å². The number of hydrogen-bond acceptors (Lipinski definition) is 5. The predicted molar refractivity (Wildman–Crippen MR) is 129 cm³/mol. The van der Waals surface area contributed by atoms with Gasteiger partial charge < -0.3 is 19.3 Å². The van der Waals surface area contributed by atoms with Crippen molar-refractivity contribution in [3.8, 4) is 5.75 Å². The summed E-state index contributed by atoms with van der Waals surface area (Å²) >= 11 is 0. The molecule has 0 saturated carbocycles. The van der Waals surface area contributed by atoms with Gasteiger partial charge in [-0.1, -0.05) is 75.4 Å². The maximum atomic E-state index is 11.2. The highest BCUT2D eigenvalue weighted by Gasteiger charge is 2.09. The molecule has 0 heterocycles. The van der Waals surface area contributed by atoms with Gasteiger partial charge in [-0.2, -0.15) is 0 Å². The zero-order valence-electron chi connectivity index (χ0n) is 19.4. The highest BCUT2D eigenvalue weighted by atomic mass is 16.5. The Balaban J connectivity index is 1.36. The van der Waals surface area contributed by atoms with Crippen LogP contribution in [0.15, 0.2) is 54.6 Å². The lowest BCUT2D eigenvalue weighted by Gasteiger charge is -2.11. The second kappa shape index (κ2) is 15.4. The standard InChI is InChI=1S/C27H38O5/c1-22(2)27(29)32-21-25(28)20-30-17-11-7-5-3-4-6-8-12-18-31-26-16-15-23-13-9-10-14-24(23)19-26/h9-10,13-16,19,25,28H,1,3-8,11-12,17-18,20-21H2,2H3. The Morgan fingerprint density at radius 3 is 2.19 bits per heavy atom. The smallest absolute Gasteiger partial charge is 0.333 e. The van der Waals surface area contributed by atoms with E-state index in [4.69, 9.17) is 14.2 Å². The molecule has 1 atom stereocenters. The van der Waals surface area contributed by atoms with E-state index >= 15 is 0 Å². The molecule has 0 aliphatic carbocycles. The number of fused-ring (bicyclic) bond motifs is 1. The number of benzene rings is 2. The number of esters is 1. The zero-order valence-corrected chi connectivity index (χ0v) is 19.4. The third kappa shape index (κ3) is 10.8. The third-order valence-corrected chi connectivity index (χ3v) is 5.24. The number of aliphatic hydroxyl groups is 1. The highest BCUT2D eigenvalue weighted by Crippen LogP contribution is 2.20. The van der Waals surface area contributed by atoms with E-state index in [2.05, 4.69) is 43.0 Å². The molecule has 1 unspecified atom stereocenters. The van der Waals surface area contributed by atoms with Crippen LogP contribution < -0.4 is 4.74 Å². The fraction of sp³-hybridized carbons (Fsp3) is 0.519. The minimum Gasteiger partial charge on any atom is -0.494 e. The first-order valence-corrected chi connectivity index (χ1v) is 11.8. The van der Waals surface area contributed by atoms with Gasteiger partial charge in [0.15, 0.2) is 0 Å². The quantitative estimate of drug-likeness (QED) is 0.189. The minimum atomic E-state index is -0.788. The zero-order chi connectivity index (χ0) is 23.0. The molecule has 0 aliphatic rings. The molecule has 0 fully saturated rings. The molecule has 2 aromatic rings. The lowest BCUT2D eigenvalue weighted by molar-refractivity contribution is -0.143. The van der Waals surface area contributed by atoms with Crippen LogP contribution in [0.1, 0.15) is 58.3 Å². The number of aliphatic hydroxyl groups excluding tert-OH is 1. The van der Waals surface area contributed by atoms with E-state index in [-0.39, 0.29) is 13.2 Å². The molecule has 5 nitrogen and oxygen atoms in total. The van der Waals surface area contributed by atoms with Gasteiger partial charge >= 0.3 is 5.97 Å². The predicted octanol–water partition coefficient (Wildman–Crippen LogP) is 5.84. The number of ether oxygens (including phenoxy) is 3. The summed E-state index contributed by atoms with van der Waals surface area (Å²) in [5.74, 6) is 0.466. The van der Waals surface area contributed by atoms with E-state index in [1.807, 2.05) is 6.07 Å². The molecular formula is C27H38O5. The van der Waals surface area contributed by atoms with Crippen LogP contribution in [0, 0.1) is 0 Å². The number of unbranched alkanes of at least 4 members (excludes halogenated alkanes) is 7. The van der Waals surface area contributed by atoms with Crippen LogP contribution >= 0.6 is 0 Å². The molecule has 1 N–H and O–H groups in total. The molecule has 2 aromatic carbocycles. The maximum absolute atomic E-state index is 11.2. The largest absolute Gasteiger partial charge is 0.494 e. The average Bonchev–Trinajstić information content (AvgIpc) is 2.80. The highest BCUT2D eigenvalue weighted by molar-refractivity contribution is 5.87. The van der Waals surface area contributed by atoms with Crippen molar-refractivity contribution < 1.29 is 24.1 Å². The van der Waals surface area contributed by atoms with E-state index < -0.39 is 12.1 Å². The van der Waals surface area contributed by atoms with Crippen molar-refractivity contribution in [2.75, 3.05) is 26.4 Å². The van der Waals surface area contributed by atoms with Crippen LogP contribution in [0.2, 0.25) is 0 Å². The molecule has 32 heavy (non-hydrogen) atoms. The van der Waals surface area contributed by atoms with Crippen molar-refractivity contribution in [2.24, 2.45) is 0 Å². The molecule has 0 bridgehead atoms. The summed E-state index contributed by atoms with van der Waals surface area (Å²) in [6.45, 7) is 6.59. The van der Waals surface area contributed by atoms with Gasteiger partial charge in [-0.3, -0.25) is 0 Å². The number of rotatable bonds is 17. The number of carbonyl (C=O) groups excluding carboxylic acids is 1. The second-order valence-corrected chi connectivity index (χ2v) is 8.29. The summed E-state index contributed by atoms with van der Waals surface area (Å²) in [5.41, 5.74) is 0.326. The first kappa shape index (κ1) is 25.9. The van der Waals surface area contributed by atoms with Crippen molar-refractivity contribution in [2.45, 2.75) is 64.4 Å². The number of hydrogen-bond donors (Lipinski definition) is 1. The van der Waals surface area contributed by atoms with Crippen LogP contribution in [-0.2, 0) is 14.3 Å². The normalized spacial score (nSPS) is 11.9. The Morgan fingerprint density at radius 1 is 0.875 bits per heavy atom. The molecule has 0 amide bonds. The maximum Gasteiger partial charge on any atom is 0.333 e. The Bertz CT molecular complexity index is 817. The Labute approximate surface area is 192 Å². The summed E-state index contributed by atoms with van der Waals surface area (Å²) in [7, 11) is 0. The van der Waals surface area contributed by atoms with Crippen molar-refractivity contribution in [3.63, 3.8) is 0 Å². The fourth-order valence-electron chi connectivity index (χ4n) is 3.38. The van der Waals surface area contributed by atoms with Crippen LogP contribution in [-0.4, -0.2) is 43.6 Å². The van der Waals surface area contributed by atoms with Gasteiger partial charge in [0.05, 0.1) is 13.2 Å². The topological polar surface area (TPSA) is 65.0 Å². The monoisotopic (exact) mass is 442 g/mol. The Morgan fingerprint density at radius 2 is 1.50 bits per heavy atom. The van der Waals surface area contributed by atoms with Gasteiger partial charge in [0.2, 0.25) is 0 Å². The van der Waals surface area contributed by atoms with E-state index in [1.165, 1.54) is 42.9 Å². The summed E-state index contributed by atoms with van der Waals surface area (Å²) in [5, 5.41) is 12.2. The lowest BCUT2D eigenvalue weighted by atomic mass is 10.1. The van der Waals surface area contributed by atoms with Gasteiger partial charge in [-0.25, -0.2) is 4.79 Å². The van der Waals surface area contributed by atoms with Crippen molar-refractivity contribution in [1.82, 2.24) is 0 Å². The van der Waals surface area contributed by atoms with Gasteiger partial charge in [-0.15, -0.1) is 0 Å². The SMILES string of the molecule is C=C(C)C(=O)OCC(O)COCCCCCCCCCCOc1ccc2ccccc2c1. The molecular weight excluding hydrogens is 404 g/mol. The van der Waals surface area contributed by atoms with Crippen LogP contribution in [0.5, 0.6) is 5.75 Å². The summed E-state index contributed by atoms with van der Waals surface area (Å²) in [6.07, 6.45) is 8.55. The average molecular weight is 443 g/mol. The van der Waals surface area contributed by atoms with Gasteiger partial charge in [0, 0.05) is 12.2 Å². The van der Waals surface area contributed by atoms with Crippen LogP contribution in [0.25, 0.3) is 10.8 Å². The van der Waals surface area contributed by atoms with E-state index in [0.717, 1.165) is 31.6 Å². The van der Waals surface area contributed by atoms with E-state index in [1.54, 1.807) is 6.92 Å². The summed E-state index contributed by atoms with van der Waals surface area (Å²) in [4.78, 5) is 11.2. The third-order valence-electron chi connectivity index (χ3n) is 5.24. The number of carbonyl (C=O) groups is 1. The first-order chi connectivity index (χ1) is 15.6.